The van der Waals surface area contributed by atoms with Gasteiger partial charge in [-0.2, -0.15) is 0 Å². The SMILES string of the molecule is CCCCNC(=O)C1CCN(Cc2ccccc2OC)CC1. The third-order valence-corrected chi connectivity index (χ3v) is 4.37. The quantitative estimate of drug-likeness (QED) is 0.788. The van der Waals surface area contributed by atoms with Crippen LogP contribution in [0.3, 0.4) is 0 Å². The highest BCUT2D eigenvalue weighted by atomic mass is 16.5. The van der Waals surface area contributed by atoms with Crippen molar-refractivity contribution < 1.29 is 9.53 Å². The predicted octanol–water partition coefficient (Wildman–Crippen LogP) is 2.82. The molecule has 122 valence electrons. The highest BCUT2D eigenvalue weighted by molar-refractivity contribution is 5.78. The molecule has 2 rings (SSSR count). The summed E-state index contributed by atoms with van der Waals surface area (Å²) < 4.78 is 5.41. The van der Waals surface area contributed by atoms with Crippen molar-refractivity contribution in [3.8, 4) is 5.75 Å². The summed E-state index contributed by atoms with van der Waals surface area (Å²) in [6, 6.07) is 8.16. The second kappa shape index (κ2) is 8.79. The summed E-state index contributed by atoms with van der Waals surface area (Å²) in [5.41, 5.74) is 1.22. The van der Waals surface area contributed by atoms with E-state index < -0.39 is 0 Å². The molecule has 0 saturated carbocycles. The lowest BCUT2D eigenvalue weighted by Crippen LogP contribution is -2.40. The molecule has 22 heavy (non-hydrogen) atoms. The molecule has 0 bridgehead atoms. The second-order valence-electron chi connectivity index (χ2n) is 6.01. The van der Waals surface area contributed by atoms with E-state index in [1.54, 1.807) is 7.11 Å². The number of amides is 1. The van der Waals surface area contributed by atoms with E-state index in [-0.39, 0.29) is 11.8 Å². The average molecular weight is 304 g/mol. The summed E-state index contributed by atoms with van der Waals surface area (Å²) in [6.07, 6.45) is 4.09. The Morgan fingerprint density at radius 3 is 2.73 bits per heavy atom. The van der Waals surface area contributed by atoms with Crippen LogP contribution in [0.5, 0.6) is 5.75 Å². The summed E-state index contributed by atoms with van der Waals surface area (Å²) in [5, 5.41) is 3.06. The first-order valence-electron chi connectivity index (χ1n) is 8.36. The Labute approximate surface area is 133 Å². The van der Waals surface area contributed by atoms with E-state index in [9.17, 15) is 4.79 Å². The molecule has 4 nitrogen and oxygen atoms in total. The van der Waals surface area contributed by atoms with E-state index in [2.05, 4.69) is 23.2 Å². The first-order chi connectivity index (χ1) is 10.7. The molecule has 0 radical (unpaired) electrons. The van der Waals surface area contributed by atoms with Crippen LogP contribution in [0.25, 0.3) is 0 Å². The summed E-state index contributed by atoms with van der Waals surface area (Å²) in [7, 11) is 1.71. The summed E-state index contributed by atoms with van der Waals surface area (Å²) in [4.78, 5) is 14.5. The number of para-hydroxylation sites is 1. The maximum atomic E-state index is 12.1. The Morgan fingerprint density at radius 1 is 1.32 bits per heavy atom. The smallest absolute Gasteiger partial charge is 0.223 e. The zero-order valence-electron chi connectivity index (χ0n) is 13.8. The fourth-order valence-electron chi connectivity index (χ4n) is 2.96. The van der Waals surface area contributed by atoms with Crippen molar-refractivity contribution >= 4 is 5.91 Å². The molecule has 0 unspecified atom stereocenters. The number of nitrogens with one attached hydrogen (secondary N) is 1. The Morgan fingerprint density at radius 2 is 2.05 bits per heavy atom. The van der Waals surface area contributed by atoms with Gasteiger partial charge in [0.2, 0.25) is 5.91 Å². The highest BCUT2D eigenvalue weighted by Gasteiger charge is 2.24. The number of benzene rings is 1. The molecule has 1 fully saturated rings. The van der Waals surface area contributed by atoms with E-state index in [1.807, 2.05) is 18.2 Å². The lowest BCUT2D eigenvalue weighted by molar-refractivity contribution is -0.126. The molecule has 0 aliphatic carbocycles. The van der Waals surface area contributed by atoms with Crippen molar-refractivity contribution in [1.29, 1.82) is 0 Å². The largest absolute Gasteiger partial charge is 0.496 e. The number of methoxy groups -OCH3 is 1. The van der Waals surface area contributed by atoms with Gasteiger partial charge in [-0.1, -0.05) is 31.5 Å². The standard InChI is InChI=1S/C18H28N2O2/c1-3-4-11-19-18(21)15-9-12-20(13-10-15)14-16-7-5-6-8-17(16)22-2/h5-8,15H,3-4,9-14H2,1-2H3,(H,19,21). The van der Waals surface area contributed by atoms with Crippen LogP contribution in [0, 0.1) is 5.92 Å². The number of nitrogens with zero attached hydrogens (tertiary/aromatic N) is 1. The van der Waals surface area contributed by atoms with Gasteiger partial charge in [-0.15, -0.1) is 0 Å². The molecule has 1 saturated heterocycles. The minimum atomic E-state index is 0.186. The monoisotopic (exact) mass is 304 g/mol. The van der Waals surface area contributed by atoms with Gasteiger partial charge < -0.3 is 10.1 Å². The van der Waals surface area contributed by atoms with Crippen LogP contribution < -0.4 is 10.1 Å². The lowest BCUT2D eigenvalue weighted by atomic mass is 9.95. The van der Waals surface area contributed by atoms with Gasteiger partial charge in [-0.05, 0) is 38.4 Å². The third-order valence-electron chi connectivity index (χ3n) is 4.37. The number of carbonyl (C=O) groups is 1. The van der Waals surface area contributed by atoms with Gasteiger partial charge in [-0.25, -0.2) is 0 Å². The van der Waals surface area contributed by atoms with Crippen LogP contribution in [-0.2, 0) is 11.3 Å². The molecule has 1 aromatic rings. The number of hydrogen-bond acceptors (Lipinski definition) is 3. The zero-order valence-corrected chi connectivity index (χ0v) is 13.8. The van der Waals surface area contributed by atoms with Crippen LogP contribution in [0.4, 0.5) is 0 Å². The highest BCUT2D eigenvalue weighted by Crippen LogP contribution is 2.23. The fraction of sp³-hybridized carbons (Fsp3) is 0.611. The van der Waals surface area contributed by atoms with E-state index in [4.69, 9.17) is 4.74 Å². The number of piperidine rings is 1. The molecule has 0 spiro atoms. The van der Waals surface area contributed by atoms with Gasteiger partial charge >= 0.3 is 0 Å². The molecule has 1 amide bonds. The Bertz CT molecular complexity index is 468. The van der Waals surface area contributed by atoms with Crippen molar-refractivity contribution in [2.45, 2.75) is 39.2 Å². The molecule has 1 N–H and O–H groups in total. The minimum absolute atomic E-state index is 0.186. The van der Waals surface area contributed by atoms with Gasteiger partial charge in [0.05, 0.1) is 7.11 Å². The van der Waals surface area contributed by atoms with E-state index >= 15 is 0 Å². The first kappa shape index (κ1) is 16.8. The Kier molecular flexibility index (Phi) is 6.72. The van der Waals surface area contributed by atoms with Crippen LogP contribution in [0.1, 0.15) is 38.2 Å². The molecule has 1 aliphatic rings. The van der Waals surface area contributed by atoms with Crippen LogP contribution in [0.2, 0.25) is 0 Å². The normalized spacial score (nSPS) is 16.5. The van der Waals surface area contributed by atoms with Crippen LogP contribution >= 0.6 is 0 Å². The van der Waals surface area contributed by atoms with Gasteiger partial charge in [-0.3, -0.25) is 9.69 Å². The summed E-state index contributed by atoms with van der Waals surface area (Å²) >= 11 is 0. The molecular weight excluding hydrogens is 276 g/mol. The first-order valence-corrected chi connectivity index (χ1v) is 8.36. The van der Waals surface area contributed by atoms with Crippen molar-refractivity contribution in [3.05, 3.63) is 29.8 Å². The maximum absolute atomic E-state index is 12.1. The van der Waals surface area contributed by atoms with Gasteiger partial charge in [0, 0.05) is 24.6 Å². The number of likely N-dealkylation sites (tertiary alicyclic amines) is 1. The number of rotatable bonds is 7. The molecule has 0 aromatic heterocycles. The van der Waals surface area contributed by atoms with Gasteiger partial charge in [0.25, 0.3) is 0 Å². The van der Waals surface area contributed by atoms with Crippen molar-refractivity contribution in [2.75, 3.05) is 26.7 Å². The van der Waals surface area contributed by atoms with E-state index in [1.165, 1.54) is 5.56 Å². The number of ether oxygens (including phenoxy) is 1. The van der Waals surface area contributed by atoms with Gasteiger partial charge in [0.1, 0.15) is 5.75 Å². The Balaban J connectivity index is 1.78. The van der Waals surface area contributed by atoms with Crippen molar-refractivity contribution in [3.63, 3.8) is 0 Å². The fourth-order valence-corrected chi connectivity index (χ4v) is 2.96. The second-order valence-corrected chi connectivity index (χ2v) is 6.01. The average Bonchev–Trinajstić information content (AvgIpc) is 2.56. The topological polar surface area (TPSA) is 41.6 Å². The van der Waals surface area contributed by atoms with Gasteiger partial charge in [0.15, 0.2) is 0 Å². The van der Waals surface area contributed by atoms with Crippen molar-refractivity contribution in [2.24, 2.45) is 5.92 Å². The molecule has 0 atom stereocenters. The maximum Gasteiger partial charge on any atom is 0.223 e. The molecule has 1 aliphatic heterocycles. The lowest BCUT2D eigenvalue weighted by Gasteiger charge is -2.31. The van der Waals surface area contributed by atoms with E-state index in [0.29, 0.717) is 0 Å². The summed E-state index contributed by atoms with van der Waals surface area (Å²) in [6.45, 7) is 5.81. The van der Waals surface area contributed by atoms with Crippen LogP contribution in [-0.4, -0.2) is 37.6 Å². The molecule has 1 aromatic carbocycles. The predicted molar refractivity (Wildman–Crippen MR) is 88.9 cm³/mol. The molecule has 1 heterocycles. The summed E-state index contributed by atoms with van der Waals surface area (Å²) in [5.74, 6) is 1.37. The molecular formula is C18H28N2O2. The zero-order chi connectivity index (χ0) is 15.8. The molecule has 4 heteroatoms. The Hall–Kier alpha value is -1.55. The van der Waals surface area contributed by atoms with E-state index in [0.717, 1.165) is 57.6 Å². The third kappa shape index (κ3) is 4.73. The van der Waals surface area contributed by atoms with Crippen LogP contribution in [0.15, 0.2) is 24.3 Å². The number of unbranched alkanes of at least 4 members (excludes halogenated alkanes) is 1. The van der Waals surface area contributed by atoms with Crippen molar-refractivity contribution in [1.82, 2.24) is 10.2 Å². The minimum Gasteiger partial charge on any atom is -0.496 e. The number of hydrogen-bond donors (Lipinski definition) is 1. The number of carbonyl (C=O) groups excluding carboxylic acids is 1.